The second kappa shape index (κ2) is 13.0. The maximum absolute atomic E-state index is 13.2. The van der Waals surface area contributed by atoms with E-state index in [2.05, 4.69) is 17.2 Å². The van der Waals surface area contributed by atoms with Gasteiger partial charge in [-0.1, -0.05) is 39.5 Å². The van der Waals surface area contributed by atoms with Gasteiger partial charge < -0.3 is 14.6 Å². The first-order chi connectivity index (χ1) is 16.3. The van der Waals surface area contributed by atoms with Gasteiger partial charge in [-0.2, -0.15) is 0 Å². The number of amides is 2. The number of hydrogen-bond acceptors (Lipinski definition) is 8. The number of aromatic nitrogens is 1. The second-order valence-electron chi connectivity index (χ2n) is 7.78. The van der Waals surface area contributed by atoms with Crippen LogP contribution < -0.4 is 5.32 Å². The Morgan fingerprint density at radius 3 is 2.21 bits per heavy atom. The summed E-state index contributed by atoms with van der Waals surface area (Å²) in [6.45, 7) is 4.76. The van der Waals surface area contributed by atoms with Crippen molar-refractivity contribution in [3.05, 3.63) is 61.8 Å². The minimum Gasteiger partial charge on any atom is -0.446 e. The lowest BCUT2D eigenvalue weighted by Gasteiger charge is -2.21. The van der Waals surface area contributed by atoms with Crippen LogP contribution in [-0.4, -0.2) is 44.6 Å². The smallest absolute Gasteiger partial charge is 0.277 e. The first-order valence-electron chi connectivity index (χ1n) is 11.2. The summed E-state index contributed by atoms with van der Waals surface area (Å²) in [5.41, 5.74) is -1.20. The highest BCUT2D eigenvalue weighted by atomic mass is 16.6. The van der Waals surface area contributed by atoms with Gasteiger partial charge in [-0.15, -0.1) is 0 Å². The number of nitrogens with one attached hydrogen (secondary N) is 1. The zero-order valence-corrected chi connectivity index (χ0v) is 19.3. The third-order valence-electron chi connectivity index (χ3n) is 5.07. The normalized spacial score (nSPS) is 10.6. The Hall–Kier alpha value is -3.83. The Morgan fingerprint density at radius 1 is 1.00 bits per heavy atom. The molecule has 12 nitrogen and oxygen atoms in total. The first kappa shape index (κ1) is 26.4. The standard InChI is InChI=1S/C22H29N5O7/c1-3-5-7-9-23-21(28)19-15-34-20(24-19)14-25(10-8-6-4-2)22(29)16-11-17(26(30)31)13-18(12-16)27(32)33/h11-13,15H,3-10,14H2,1-2H3,(H,23,28). The van der Waals surface area contributed by atoms with Gasteiger partial charge in [0, 0.05) is 25.2 Å². The molecule has 2 amide bonds. The van der Waals surface area contributed by atoms with Gasteiger partial charge in [0.25, 0.3) is 23.2 Å². The van der Waals surface area contributed by atoms with Crippen LogP contribution >= 0.6 is 0 Å². The number of nitro groups is 2. The Balaban J connectivity index is 2.22. The van der Waals surface area contributed by atoms with Crippen LogP contribution in [0.5, 0.6) is 0 Å². The predicted octanol–water partition coefficient (Wildman–Crippen LogP) is 4.24. The van der Waals surface area contributed by atoms with Crippen LogP contribution in [0.2, 0.25) is 0 Å². The topological polar surface area (TPSA) is 162 Å². The van der Waals surface area contributed by atoms with Crippen molar-refractivity contribution in [1.29, 1.82) is 0 Å². The van der Waals surface area contributed by atoms with Crippen molar-refractivity contribution in [2.75, 3.05) is 13.1 Å². The van der Waals surface area contributed by atoms with Crippen LogP contribution in [0, 0.1) is 20.2 Å². The molecular formula is C22H29N5O7. The van der Waals surface area contributed by atoms with Crippen LogP contribution in [0.15, 0.2) is 28.9 Å². The highest BCUT2D eigenvalue weighted by molar-refractivity contribution is 5.95. The molecule has 0 unspecified atom stereocenters. The molecule has 0 atom stereocenters. The molecule has 0 fully saturated rings. The monoisotopic (exact) mass is 475 g/mol. The third kappa shape index (κ3) is 7.64. The zero-order chi connectivity index (χ0) is 25.1. The first-order valence-corrected chi connectivity index (χ1v) is 11.2. The number of carbonyl (C=O) groups is 2. The fourth-order valence-corrected chi connectivity index (χ4v) is 3.24. The van der Waals surface area contributed by atoms with Crippen LogP contribution in [0.25, 0.3) is 0 Å². The SMILES string of the molecule is CCCCCNC(=O)c1coc(CN(CCCCC)C(=O)c2cc([N+](=O)[O-])cc([N+](=O)[O-])c2)n1. The van der Waals surface area contributed by atoms with Crippen molar-refractivity contribution in [3.63, 3.8) is 0 Å². The Kier molecular flexibility index (Phi) is 10.1. The Morgan fingerprint density at radius 2 is 1.62 bits per heavy atom. The van der Waals surface area contributed by atoms with Gasteiger partial charge in [-0.25, -0.2) is 4.98 Å². The fourth-order valence-electron chi connectivity index (χ4n) is 3.24. The van der Waals surface area contributed by atoms with Crippen LogP contribution in [0.1, 0.15) is 79.1 Å². The summed E-state index contributed by atoms with van der Waals surface area (Å²) in [4.78, 5) is 51.7. The summed E-state index contributed by atoms with van der Waals surface area (Å²) in [6, 6.07) is 2.82. The fraction of sp³-hybridized carbons (Fsp3) is 0.500. The van der Waals surface area contributed by atoms with Crippen molar-refractivity contribution in [2.24, 2.45) is 0 Å². The molecule has 34 heavy (non-hydrogen) atoms. The Labute approximate surface area is 196 Å². The number of oxazole rings is 1. The van der Waals surface area contributed by atoms with Gasteiger partial charge in [0.1, 0.15) is 6.26 Å². The van der Waals surface area contributed by atoms with Crippen LogP contribution in [-0.2, 0) is 6.54 Å². The van der Waals surface area contributed by atoms with Gasteiger partial charge in [-0.05, 0) is 12.8 Å². The van der Waals surface area contributed by atoms with Crippen molar-refractivity contribution in [1.82, 2.24) is 15.2 Å². The number of nitrogens with zero attached hydrogens (tertiary/aromatic N) is 4. The zero-order valence-electron chi connectivity index (χ0n) is 19.3. The molecule has 0 radical (unpaired) electrons. The molecule has 12 heteroatoms. The number of hydrogen-bond donors (Lipinski definition) is 1. The quantitative estimate of drug-likeness (QED) is 0.241. The second-order valence-corrected chi connectivity index (χ2v) is 7.78. The lowest BCUT2D eigenvalue weighted by Crippen LogP contribution is -2.32. The number of carbonyl (C=O) groups excluding carboxylic acids is 2. The van der Waals surface area contributed by atoms with Crippen molar-refractivity contribution < 1.29 is 23.9 Å². The molecule has 0 spiro atoms. The molecule has 0 bridgehead atoms. The number of benzene rings is 1. The van der Waals surface area contributed by atoms with Crippen molar-refractivity contribution >= 4 is 23.2 Å². The molecule has 0 saturated carbocycles. The molecule has 0 aliphatic rings. The lowest BCUT2D eigenvalue weighted by atomic mass is 10.1. The Bertz CT molecular complexity index is 989. The predicted molar refractivity (Wildman–Crippen MR) is 122 cm³/mol. The number of nitro benzene ring substituents is 2. The minimum absolute atomic E-state index is 0.0819. The molecule has 1 aromatic heterocycles. The molecular weight excluding hydrogens is 446 g/mol. The highest BCUT2D eigenvalue weighted by Crippen LogP contribution is 2.24. The van der Waals surface area contributed by atoms with Gasteiger partial charge in [0.2, 0.25) is 5.89 Å². The van der Waals surface area contributed by atoms with Crippen molar-refractivity contribution in [3.8, 4) is 0 Å². The average molecular weight is 476 g/mol. The van der Waals surface area contributed by atoms with E-state index in [1.54, 1.807) is 0 Å². The van der Waals surface area contributed by atoms with Gasteiger partial charge in [0.05, 0.1) is 28.0 Å². The van der Waals surface area contributed by atoms with E-state index in [4.69, 9.17) is 4.42 Å². The molecule has 0 aliphatic carbocycles. The van der Waals surface area contributed by atoms with E-state index in [9.17, 15) is 29.8 Å². The minimum atomic E-state index is -0.787. The van der Waals surface area contributed by atoms with Gasteiger partial charge in [0.15, 0.2) is 5.69 Å². The summed E-state index contributed by atoms with van der Waals surface area (Å²) in [5.74, 6) is -0.903. The largest absolute Gasteiger partial charge is 0.446 e. The maximum atomic E-state index is 13.2. The molecule has 0 saturated heterocycles. The van der Waals surface area contributed by atoms with E-state index in [-0.39, 0.29) is 36.1 Å². The lowest BCUT2D eigenvalue weighted by molar-refractivity contribution is -0.394. The molecule has 2 rings (SSSR count). The molecule has 184 valence electrons. The summed E-state index contributed by atoms with van der Waals surface area (Å²) < 4.78 is 5.38. The average Bonchev–Trinajstić information content (AvgIpc) is 3.29. The summed E-state index contributed by atoms with van der Waals surface area (Å²) in [5, 5.41) is 25.1. The van der Waals surface area contributed by atoms with E-state index in [1.165, 1.54) is 11.2 Å². The van der Waals surface area contributed by atoms with Gasteiger partial charge in [-0.3, -0.25) is 29.8 Å². The maximum Gasteiger partial charge on any atom is 0.277 e. The van der Waals surface area contributed by atoms with E-state index < -0.39 is 27.1 Å². The summed E-state index contributed by atoms with van der Waals surface area (Å²) in [7, 11) is 0. The molecule has 1 heterocycles. The third-order valence-corrected chi connectivity index (χ3v) is 5.07. The highest BCUT2D eigenvalue weighted by Gasteiger charge is 2.25. The van der Waals surface area contributed by atoms with Crippen molar-refractivity contribution in [2.45, 2.75) is 58.9 Å². The van der Waals surface area contributed by atoms with Crippen LogP contribution in [0.3, 0.4) is 0 Å². The summed E-state index contributed by atoms with van der Waals surface area (Å²) >= 11 is 0. The number of unbranched alkanes of at least 4 members (excludes halogenated alkanes) is 4. The van der Waals surface area contributed by atoms with E-state index >= 15 is 0 Å². The molecule has 1 aromatic carbocycles. The van der Waals surface area contributed by atoms with Gasteiger partial charge >= 0.3 is 0 Å². The number of rotatable bonds is 14. The van der Waals surface area contributed by atoms with E-state index in [0.29, 0.717) is 13.0 Å². The molecule has 0 aliphatic heterocycles. The molecule has 2 aromatic rings. The van der Waals surface area contributed by atoms with E-state index in [0.717, 1.165) is 50.3 Å². The number of non-ortho nitro benzene ring substituents is 2. The van der Waals surface area contributed by atoms with E-state index in [1.807, 2.05) is 6.92 Å². The van der Waals surface area contributed by atoms with Crippen LogP contribution in [0.4, 0.5) is 11.4 Å². The molecule has 1 N–H and O–H groups in total. The summed E-state index contributed by atoms with van der Waals surface area (Å²) in [6.07, 6.45) is 6.44.